The highest BCUT2D eigenvalue weighted by Gasteiger charge is 2.49. The molecule has 0 saturated carbocycles. The third-order valence-electron chi connectivity index (χ3n) is 8.91. The van der Waals surface area contributed by atoms with Gasteiger partial charge in [-0.3, -0.25) is 4.79 Å². The Balaban J connectivity index is 1.62. The van der Waals surface area contributed by atoms with Crippen molar-refractivity contribution in [2.45, 2.75) is 142 Å². The average Bonchev–Trinajstić information content (AvgIpc) is 2.99. The van der Waals surface area contributed by atoms with Gasteiger partial charge in [-0.15, -0.1) is 0 Å². The second-order valence-electron chi connectivity index (χ2n) is 13.1. The molecular weight excluding hydrogens is 531 g/mol. The topological polar surface area (TPSA) is 40.5 Å². The molecule has 2 rings (SSSR count). The first-order valence-corrected chi connectivity index (χ1v) is 19.0. The zero-order valence-corrected chi connectivity index (χ0v) is 28.6. The van der Waals surface area contributed by atoms with Crippen LogP contribution in [0.4, 0.5) is 0 Å². The third-order valence-corrected chi connectivity index (χ3v) is 13.5. The summed E-state index contributed by atoms with van der Waals surface area (Å²) in [5.74, 6) is 0.338. The summed E-state index contributed by atoms with van der Waals surface area (Å²) in [4.78, 5) is 27.0. The minimum Gasteiger partial charge on any atom is -0.424 e. The van der Waals surface area contributed by atoms with Crippen LogP contribution in [0.3, 0.4) is 0 Å². The molecule has 0 fully saturated rings. The Morgan fingerprint density at radius 2 is 1.26 bits per heavy atom. The van der Waals surface area contributed by atoms with Gasteiger partial charge in [-0.2, -0.15) is 0 Å². The van der Waals surface area contributed by atoms with Crippen molar-refractivity contribution in [3.63, 3.8) is 0 Å². The van der Waals surface area contributed by atoms with E-state index in [1.165, 1.54) is 44.9 Å². The summed E-state index contributed by atoms with van der Waals surface area (Å²) in [5.41, 5.74) is 0. The van der Waals surface area contributed by atoms with Gasteiger partial charge >= 0.3 is 0 Å². The maximum Gasteiger partial charge on any atom is 0.258 e. The standard InChI is InChI=1S/C38H61NO2Si/c1-6-7-8-24-31-37(40)39(34(2)3)33-26-17-15-13-11-9-10-12-14-16-25-32-38(4,5)42(41,35-27-20-18-21-28-35)36-29-22-19-23-30-36/h11,13,18-23,27-30,34,41H,6-10,12,14-17,24-26,31-33H2,1-5H3/b13-11-. The molecule has 1 N–H and O–H groups in total. The van der Waals surface area contributed by atoms with Crippen LogP contribution >= 0.6 is 0 Å². The minimum absolute atomic E-state index is 0.146. The number of rotatable bonds is 22. The molecule has 2 aromatic carbocycles. The summed E-state index contributed by atoms with van der Waals surface area (Å²) in [6.07, 6.45) is 21.8. The molecule has 0 spiro atoms. The number of allylic oxidation sites excluding steroid dienone is 2. The summed E-state index contributed by atoms with van der Waals surface area (Å²) in [6.45, 7) is 11.9. The molecule has 0 radical (unpaired) electrons. The Labute approximate surface area is 260 Å². The van der Waals surface area contributed by atoms with Crippen molar-refractivity contribution in [3.05, 3.63) is 72.8 Å². The van der Waals surface area contributed by atoms with E-state index in [0.29, 0.717) is 18.4 Å². The predicted octanol–water partition coefficient (Wildman–Crippen LogP) is 9.18. The van der Waals surface area contributed by atoms with Gasteiger partial charge in [-0.05, 0) is 74.2 Å². The summed E-state index contributed by atoms with van der Waals surface area (Å²) >= 11 is 0. The van der Waals surface area contributed by atoms with Crippen LogP contribution in [0.1, 0.15) is 131 Å². The molecule has 0 aliphatic carbocycles. The molecule has 0 aromatic heterocycles. The van der Waals surface area contributed by atoms with E-state index in [1.54, 1.807) is 0 Å². The molecule has 0 saturated heterocycles. The number of unbranched alkanes of at least 4 members (excludes halogenated alkanes) is 10. The molecule has 0 bridgehead atoms. The van der Waals surface area contributed by atoms with Crippen LogP contribution in [0.25, 0.3) is 0 Å². The highest BCUT2D eigenvalue weighted by molar-refractivity contribution is 6.98. The van der Waals surface area contributed by atoms with Crippen LogP contribution in [0.2, 0.25) is 5.04 Å². The van der Waals surface area contributed by atoms with Gasteiger partial charge in [0, 0.05) is 19.0 Å². The van der Waals surface area contributed by atoms with Crippen molar-refractivity contribution in [2.24, 2.45) is 0 Å². The molecule has 0 atom stereocenters. The van der Waals surface area contributed by atoms with E-state index in [9.17, 15) is 9.59 Å². The maximum atomic E-state index is 12.6. The lowest BCUT2D eigenvalue weighted by Gasteiger charge is -2.41. The van der Waals surface area contributed by atoms with Crippen molar-refractivity contribution in [2.75, 3.05) is 6.54 Å². The molecular formula is C38H61NO2Si. The van der Waals surface area contributed by atoms with Crippen molar-refractivity contribution < 1.29 is 9.59 Å². The molecule has 0 aliphatic rings. The normalized spacial score (nSPS) is 12.4. The van der Waals surface area contributed by atoms with Gasteiger partial charge in [0.05, 0.1) is 0 Å². The van der Waals surface area contributed by atoms with Crippen LogP contribution in [-0.4, -0.2) is 36.5 Å². The van der Waals surface area contributed by atoms with Gasteiger partial charge in [-0.1, -0.05) is 139 Å². The monoisotopic (exact) mass is 591 g/mol. The van der Waals surface area contributed by atoms with E-state index in [1.807, 2.05) is 12.1 Å². The van der Waals surface area contributed by atoms with E-state index < -0.39 is 8.32 Å². The molecule has 0 aliphatic heterocycles. The Morgan fingerprint density at radius 3 is 1.81 bits per heavy atom. The molecule has 234 valence electrons. The van der Waals surface area contributed by atoms with Gasteiger partial charge in [0.2, 0.25) is 5.91 Å². The summed E-state index contributed by atoms with van der Waals surface area (Å²) in [6, 6.07) is 21.1. The highest BCUT2D eigenvalue weighted by Crippen LogP contribution is 2.40. The first-order chi connectivity index (χ1) is 20.2. The van der Waals surface area contributed by atoms with Gasteiger partial charge < -0.3 is 9.70 Å². The van der Waals surface area contributed by atoms with Crippen LogP contribution in [0, 0.1) is 0 Å². The second kappa shape index (κ2) is 19.9. The predicted molar refractivity (Wildman–Crippen MR) is 185 cm³/mol. The van der Waals surface area contributed by atoms with E-state index in [2.05, 4.69) is 100 Å². The lowest BCUT2D eigenvalue weighted by molar-refractivity contribution is -0.133. The molecule has 4 heteroatoms. The Kier molecular flexibility index (Phi) is 17.1. The highest BCUT2D eigenvalue weighted by atomic mass is 28.4. The Hall–Kier alpha value is -2.17. The van der Waals surface area contributed by atoms with Gasteiger partial charge in [0.25, 0.3) is 8.32 Å². The number of nitrogens with zero attached hydrogens (tertiary/aromatic N) is 1. The molecule has 3 nitrogen and oxygen atoms in total. The number of carbonyl (C=O) groups is 1. The minimum atomic E-state index is -2.88. The van der Waals surface area contributed by atoms with Crippen LogP contribution < -0.4 is 10.4 Å². The Morgan fingerprint density at radius 1 is 0.762 bits per heavy atom. The summed E-state index contributed by atoms with van der Waals surface area (Å²) < 4.78 is 0. The van der Waals surface area contributed by atoms with Crippen molar-refractivity contribution in [1.29, 1.82) is 0 Å². The molecule has 0 unspecified atom stereocenters. The molecule has 1 amide bonds. The van der Waals surface area contributed by atoms with E-state index in [0.717, 1.165) is 61.9 Å². The summed E-state index contributed by atoms with van der Waals surface area (Å²) in [5, 5.41) is 2.07. The first-order valence-electron chi connectivity index (χ1n) is 17.0. The summed E-state index contributed by atoms with van der Waals surface area (Å²) in [7, 11) is -2.88. The van der Waals surface area contributed by atoms with Gasteiger partial charge in [0.15, 0.2) is 0 Å². The average molecular weight is 592 g/mol. The van der Waals surface area contributed by atoms with Crippen molar-refractivity contribution >= 4 is 24.6 Å². The second-order valence-corrected chi connectivity index (χ2v) is 17.0. The van der Waals surface area contributed by atoms with E-state index in [4.69, 9.17) is 0 Å². The molecule has 0 heterocycles. The largest absolute Gasteiger partial charge is 0.424 e. The first kappa shape index (κ1) is 36.0. The third kappa shape index (κ3) is 11.8. The smallest absolute Gasteiger partial charge is 0.258 e. The Bertz CT molecular complexity index is 963. The SMILES string of the molecule is CCCCCCC(=O)N(CCCC/C=C\CCCCCCCC(C)(C)[Si](O)(c1ccccc1)c1ccccc1)C(C)C. The van der Waals surface area contributed by atoms with Crippen molar-refractivity contribution in [1.82, 2.24) is 4.90 Å². The molecule has 42 heavy (non-hydrogen) atoms. The quantitative estimate of drug-likeness (QED) is 0.0842. The van der Waals surface area contributed by atoms with E-state index >= 15 is 0 Å². The number of carbonyl (C=O) groups excluding carboxylic acids is 1. The maximum absolute atomic E-state index is 12.6. The zero-order valence-electron chi connectivity index (χ0n) is 27.6. The fraction of sp³-hybridized carbons (Fsp3) is 0.605. The number of hydrogen-bond acceptors (Lipinski definition) is 2. The van der Waals surface area contributed by atoms with E-state index in [-0.39, 0.29) is 5.04 Å². The van der Waals surface area contributed by atoms with Crippen LogP contribution in [0.5, 0.6) is 0 Å². The van der Waals surface area contributed by atoms with Crippen LogP contribution in [-0.2, 0) is 4.79 Å². The van der Waals surface area contributed by atoms with Crippen molar-refractivity contribution in [3.8, 4) is 0 Å². The zero-order chi connectivity index (χ0) is 30.7. The fourth-order valence-corrected chi connectivity index (χ4v) is 9.93. The number of amides is 1. The lowest BCUT2D eigenvalue weighted by Crippen LogP contribution is -2.65. The number of benzene rings is 2. The van der Waals surface area contributed by atoms with Gasteiger partial charge in [-0.25, -0.2) is 0 Å². The van der Waals surface area contributed by atoms with Crippen LogP contribution in [0.15, 0.2) is 72.8 Å². The molecule has 2 aromatic rings. The lowest BCUT2D eigenvalue weighted by atomic mass is 10.0. The fourth-order valence-electron chi connectivity index (χ4n) is 6.14. The van der Waals surface area contributed by atoms with Gasteiger partial charge in [0.1, 0.15) is 0 Å². The number of hydrogen-bond donors (Lipinski definition) is 1.